The Labute approximate surface area is 608 Å². The summed E-state index contributed by atoms with van der Waals surface area (Å²) < 4.78 is 34.4. The van der Waals surface area contributed by atoms with Crippen LogP contribution in [-0.2, 0) is 33.2 Å². The molecule has 582 valence electrons. The molecule has 17 atom stereocenters. The molecule has 3 fully saturated rings. The molecule has 1 amide bonds. The number of hydrogen-bond donors (Lipinski definition) is 12. The van der Waals surface area contributed by atoms with Crippen molar-refractivity contribution < 1.29 is 89.4 Å². The van der Waals surface area contributed by atoms with Crippen molar-refractivity contribution in [3.8, 4) is 0 Å². The van der Waals surface area contributed by atoms with E-state index >= 15 is 0 Å². The van der Waals surface area contributed by atoms with Crippen LogP contribution in [0.2, 0.25) is 0 Å². The summed E-state index contributed by atoms with van der Waals surface area (Å²) in [4.78, 5) is 13.4. The first kappa shape index (κ1) is 91.7. The Balaban J connectivity index is 1.41. The summed E-state index contributed by atoms with van der Waals surface area (Å²) in [5, 5.41) is 121. The van der Waals surface area contributed by atoms with E-state index in [2.05, 4.69) is 116 Å². The van der Waals surface area contributed by atoms with Crippen molar-refractivity contribution in [3.05, 3.63) is 109 Å². The summed E-state index contributed by atoms with van der Waals surface area (Å²) in [7, 11) is 0. The first-order chi connectivity index (χ1) is 49.3. The molecule has 3 aliphatic rings. The number of ether oxygens (including phenoxy) is 6. The van der Waals surface area contributed by atoms with Crippen LogP contribution in [0.25, 0.3) is 0 Å². The average molecular weight is 1430 g/mol. The van der Waals surface area contributed by atoms with Gasteiger partial charge < -0.3 is 89.9 Å². The maximum atomic E-state index is 13.4. The quantitative estimate of drug-likeness (QED) is 0.0199. The van der Waals surface area contributed by atoms with Crippen LogP contribution in [0.3, 0.4) is 0 Å². The standard InChI is InChI=1S/C82H141NO18/c1-3-5-7-9-11-13-15-17-19-21-23-25-27-29-31-32-34-35-37-39-41-43-45-47-49-51-53-55-57-59-66(87)65(83-70(88)60-58-56-54-52-50-48-46-44-42-40-38-36-33-30-28-26-24-22-20-18-16-14-12-10-8-6-4-2)64-96-80-76(94)73(91)78(68(62-85)98-80)101-82-77(95)74(92)79(69(63-86)99-82)100-81-75(93)72(90)71(89)67(61-84)97-81/h6,8,12,14,18,20,24,26,30,33,38,40,44,46,50,52,57,59,65-69,71-82,84-87,89-95H,3-5,7,9-11,13,15-17,19,21-23,25,27-29,31-32,34-37,39,41-43,45,47-49,51,53-56,58,60-64H2,1-2H3,(H,83,88)/b8-6-,14-12-,20-18-,26-24-,33-30-,40-38-,46-44-,52-50-,59-57+. The number of rotatable bonds is 61. The highest BCUT2D eigenvalue weighted by Gasteiger charge is 2.53. The Morgan fingerprint density at radius 3 is 1.07 bits per heavy atom. The lowest BCUT2D eigenvalue weighted by Gasteiger charge is -2.48. The smallest absolute Gasteiger partial charge is 0.220 e. The molecule has 3 rings (SSSR count). The van der Waals surface area contributed by atoms with Gasteiger partial charge in [0.15, 0.2) is 18.9 Å². The van der Waals surface area contributed by atoms with Crippen LogP contribution in [0.5, 0.6) is 0 Å². The third kappa shape index (κ3) is 41.8. The predicted molar refractivity (Wildman–Crippen MR) is 401 cm³/mol. The molecule has 19 nitrogen and oxygen atoms in total. The summed E-state index contributed by atoms with van der Waals surface area (Å²) in [5.74, 6) is -0.319. The Morgan fingerprint density at radius 1 is 0.366 bits per heavy atom. The van der Waals surface area contributed by atoms with E-state index in [1.54, 1.807) is 6.08 Å². The second-order valence-electron chi connectivity index (χ2n) is 27.8. The normalized spacial score (nSPS) is 26.9. The van der Waals surface area contributed by atoms with Crippen molar-refractivity contribution in [2.45, 2.75) is 375 Å². The maximum Gasteiger partial charge on any atom is 0.220 e. The molecule has 12 N–H and O–H groups in total. The molecule has 0 saturated carbocycles. The molecule has 0 aromatic carbocycles. The van der Waals surface area contributed by atoms with Gasteiger partial charge in [0.1, 0.15) is 73.2 Å². The molecule has 0 aliphatic carbocycles. The fourth-order valence-electron chi connectivity index (χ4n) is 12.7. The summed E-state index contributed by atoms with van der Waals surface area (Å²) in [6.45, 7) is 1.61. The van der Waals surface area contributed by atoms with Gasteiger partial charge in [0, 0.05) is 6.42 Å². The van der Waals surface area contributed by atoms with Crippen molar-refractivity contribution in [3.63, 3.8) is 0 Å². The Bertz CT molecular complexity index is 2250. The number of aliphatic hydroxyl groups is 11. The van der Waals surface area contributed by atoms with Gasteiger partial charge in [-0.05, 0) is 83.5 Å². The van der Waals surface area contributed by atoms with E-state index in [0.29, 0.717) is 6.42 Å². The second-order valence-corrected chi connectivity index (χ2v) is 27.8. The molecule has 0 spiro atoms. The number of amides is 1. The van der Waals surface area contributed by atoms with Crippen molar-refractivity contribution in [1.29, 1.82) is 0 Å². The minimum atomic E-state index is -1.99. The molecule has 0 aromatic rings. The van der Waals surface area contributed by atoms with Crippen LogP contribution in [-0.4, -0.2) is 193 Å². The lowest BCUT2D eigenvalue weighted by molar-refractivity contribution is -0.379. The number of unbranched alkanes of at least 4 members (excludes halogenated alkanes) is 29. The highest BCUT2D eigenvalue weighted by molar-refractivity contribution is 5.76. The van der Waals surface area contributed by atoms with Crippen LogP contribution < -0.4 is 5.32 Å². The van der Waals surface area contributed by atoms with E-state index in [-0.39, 0.29) is 18.9 Å². The number of nitrogens with one attached hydrogen (secondary N) is 1. The number of carbonyl (C=O) groups excluding carboxylic acids is 1. The van der Waals surface area contributed by atoms with Gasteiger partial charge in [0.2, 0.25) is 5.91 Å². The number of carbonyl (C=O) groups is 1. The maximum absolute atomic E-state index is 13.4. The van der Waals surface area contributed by atoms with Crippen molar-refractivity contribution in [2.75, 3.05) is 26.4 Å². The molecule has 0 bridgehead atoms. The van der Waals surface area contributed by atoms with E-state index < -0.39 is 124 Å². The topological polar surface area (TPSA) is 307 Å². The van der Waals surface area contributed by atoms with Crippen molar-refractivity contribution in [2.24, 2.45) is 0 Å². The van der Waals surface area contributed by atoms with Gasteiger partial charge in [0.05, 0.1) is 38.6 Å². The fraction of sp³-hybridized carbons (Fsp3) is 0.768. The molecule has 3 aliphatic heterocycles. The molecule has 0 radical (unpaired) electrons. The van der Waals surface area contributed by atoms with Crippen molar-refractivity contribution >= 4 is 5.91 Å². The third-order valence-corrected chi connectivity index (χ3v) is 19.1. The van der Waals surface area contributed by atoms with E-state index in [1.165, 1.54) is 154 Å². The number of hydrogen-bond acceptors (Lipinski definition) is 18. The molecule has 0 aromatic heterocycles. The van der Waals surface area contributed by atoms with Crippen LogP contribution in [0, 0.1) is 0 Å². The zero-order valence-corrected chi connectivity index (χ0v) is 62.1. The Hall–Kier alpha value is -3.55. The fourth-order valence-corrected chi connectivity index (χ4v) is 12.7. The van der Waals surface area contributed by atoms with Gasteiger partial charge >= 0.3 is 0 Å². The third-order valence-electron chi connectivity index (χ3n) is 19.1. The predicted octanol–water partition coefficient (Wildman–Crippen LogP) is 12.9. The van der Waals surface area contributed by atoms with E-state index in [4.69, 9.17) is 28.4 Å². The first-order valence-electron chi connectivity index (χ1n) is 39.6. The zero-order valence-electron chi connectivity index (χ0n) is 62.1. The van der Waals surface area contributed by atoms with E-state index in [1.807, 2.05) is 6.08 Å². The molecule has 101 heavy (non-hydrogen) atoms. The highest BCUT2D eigenvalue weighted by Crippen LogP contribution is 2.33. The van der Waals surface area contributed by atoms with E-state index in [0.717, 1.165) is 89.9 Å². The molecular weight excluding hydrogens is 1290 g/mol. The molecular formula is C82H141NO18. The van der Waals surface area contributed by atoms with Gasteiger partial charge in [-0.2, -0.15) is 0 Å². The van der Waals surface area contributed by atoms with Crippen LogP contribution in [0.4, 0.5) is 0 Å². The zero-order chi connectivity index (χ0) is 73.2. The Kier molecular flexibility index (Phi) is 55.9. The van der Waals surface area contributed by atoms with Gasteiger partial charge in [-0.25, -0.2) is 0 Å². The lowest BCUT2D eigenvalue weighted by Crippen LogP contribution is -2.66. The van der Waals surface area contributed by atoms with Crippen molar-refractivity contribution in [1.82, 2.24) is 5.32 Å². The van der Waals surface area contributed by atoms with Crippen LogP contribution >= 0.6 is 0 Å². The molecule has 3 saturated heterocycles. The number of aliphatic hydroxyl groups excluding tert-OH is 11. The summed E-state index contributed by atoms with van der Waals surface area (Å²) in [5.41, 5.74) is 0. The molecule has 17 unspecified atom stereocenters. The Morgan fingerprint density at radius 2 is 0.683 bits per heavy atom. The molecule has 3 heterocycles. The minimum Gasteiger partial charge on any atom is -0.394 e. The average Bonchev–Trinajstić information content (AvgIpc) is 0.782. The SMILES string of the molecule is CC/C=C\C/C=C\C/C=C\C/C=C\C/C=C\C/C=C\C/C=C\C/C=C\CCCCC(=O)NC(COC1OC(CO)C(OC2OC(CO)C(OC3OC(CO)C(O)C(O)C3O)C(O)C2O)C(O)C1O)C(O)/C=C/CCCCCCCCCCCCCCCCCCCCCCCCCCCCC. The lowest BCUT2D eigenvalue weighted by atomic mass is 9.96. The minimum absolute atomic E-state index is 0.181. The summed E-state index contributed by atoms with van der Waals surface area (Å²) >= 11 is 0. The highest BCUT2D eigenvalue weighted by atomic mass is 16.8. The van der Waals surface area contributed by atoms with Gasteiger partial charge in [-0.3, -0.25) is 4.79 Å². The molecule has 19 heteroatoms. The largest absolute Gasteiger partial charge is 0.394 e. The second kappa shape index (κ2) is 61.6. The first-order valence-corrected chi connectivity index (χ1v) is 39.6. The van der Waals surface area contributed by atoms with Gasteiger partial charge in [0.25, 0.3) is 0 Å². The van der Waals surface area contributed by atoms with E-state index in [9.17, 15) is 61.0 Å². The number of allylic oxidation sites excluding steroid dienone is 17. The summed E-state index contributed by atoms with van der Waals surface area (Å²) in [6.07, 6.45) is 57.8. The van der Waals surface area contributed by atoms with Crippen LogP contribution in [0.15, 0.2) is 109 Å². The van der Waals surface area contributed by atoms with Gasteiger partial charge in [-0.15, -0.1) is 0 Å². The monoisotopic (exact) mass is 1430 g/mol. The summed E-state index contributed by atoms with van der Waals surface area (Å²) in [6, 6.07) is -1.01. The van der Waals surface area contributed by atoms with Gasteiger partial charge in [-0.1, -0.05) is 290 Å². The van der Waals surface area contributed by atoms with Crippen LogP contribution in [0.1, 0.15) is 271 Å².